The number of hydrogen-bond donors (Lipinski definition) is 1. The van der Waals surface area contributed by atoms with Crippen molar-refractivity contribution in [2.75, 3.05) is 13.2 Å². The average Bonchev–Trinajstić information content (AvgIpc) is 3.06. The molecule has 0 atom stereocenters. The van der Waals surface area contributed by atoms with Gasteiger partial charge >= 0.3 is 5.97 Å². The summed E-state index contributed by atoms with van der Waals surface area (Å²) >= 11 is 0. The summed E-state index contributed by atoms with van der Waals surface area (Å²) in [5, 5.41) is 0. The first kappa shape index (κ1) is 20.4. The van der Waals surface area contributed by atoms with Crippen molar-refractivity contribution in [3.05, 3.63) is 64.4 Å². The SMILES string of the molecule is CCOC(=O)C1=CN(C(=O)c2ccc(F)cc2)CC(C)(C)c2c1[nH]c1c2CCCC1. The maximum atomic E-state index is 13.3. The number of fused-ring (bicyclic) bond motifs is 3. The quantitative estimate of drug-likeness (QED) is 0.765. The maximum absolute atomic E-state index is 13.3. The Morgan fingerprint density at radius 3 is 2.57 bits per heavy atom. The number of nitrogens with zero attached hydrogens (tertiary/aromatic N) is 1. The lowest BCUT2D eigenvalue weighted by molar-refractivity contribution is -0.136. The van der Waals surface area contributed by atoms with Gasteiger partial charge < -0.3 is 14.6 Å². The lowest BCUT2D eigenvalue weighted by Gasteiger charge is -2.31. The van der Waals surface area contributed by atoms with Crippen LogP contribution in [0.4, 0.5) is 4.39 Å². The average molecular weight is 410 g/mol. The zero-order valence-corrected chi connectivity index (χ0v) is 17.7. The Bertz CT molecular complexity index is 1020. The van der Waals surface area contributed by atoms with Crippen LogP contribution in [0.2, 0.25) is 0 Å². The van der Waals surface area contributed by atoms with Gasteiger partial charge in [-0.3, -0.25) is 4.79 Å². The minimum atomic E-state index is -0.452. The van der Waals surface area contributed by atoms with Crippen LogP contribution in [0.5, 0.6) is 0 Å². The Labute approximate surface area is 175 Å². The fraction of sp³-hybridized carbons (Fsp3) is 0.417. The lowest BCUT2D eigenvalue weighted by Crippen LogP contribution is -2.37. The number of aromatic nitrogens is 1. The first-order valence-electron chi connectivity index (χ1n) is 10.5. The maximum Gasteiger partial charge on any atom is 0.341 e. The zero-order chi connectivity index (χ0) is 21.5. The van der Waals surface area contributed by atoms with Gasteiger partial charge in [-0.25, -0.2) is 9.18 Å². The number of benzene rings is 1. The number of aryl methyl sites for hydroxylation is 1. The number of amides is 1. The second-order valence-corrected chi connectivity index (χ2v) is 8.63. The third kappa shape index (κ3) is 3.55. The van der Waals surface area contributed by atoms with E-state index >= 15 is 0 Å². The summed E-state index contributed by atoms with van der Waals surface area (Å²) in [4.78, 5) is 31.2. The molecule has 0 spiro atoms. The second kappa shape index (κ2) is 7.74. The molecule has 2 aromatic rings. The van der Waals surface area contributed by atoms with Crippen molar-refractivity contribution in [3.63, 3.8) is 0 Å². The predicted octanol–water partition coefficient (Wildman–Crippen LogP) is 4.37. The number of nitrogens with one attached hydrogen (secondary N) is 1. The molecule has 158 valence electrons. The van der Waals surface area contributed by atoms with E-state index in [-0.39, 0.29) is 17.9 Å². The molecule has 0 saturated heterocycles. The zero-order valence-electron chi connectivity index (χ0n) is 17.7. The Kier molecular flexibility index (Phi) is 5.26. The highest BCUT2D eigenvalue weighted by Crippen LogP contribution is 2.41. The van der Waals surface area contributed by atoms with Crippen LogP contribution in [0, 0.1) is 5.82 Å². The van der Waals surface area contributed by atoms with E-state index in [1.807, 2.05) is 0 Å². The van der Waals surface area contributed by atoms with Gasteiger partial charge in [0.1, 0.15) is 5.82 Å². The predicted molar refractivity (Wildman–Crippen MR) is 113 cm³/mol. The smallest absolute Gasteiger partial charge is 0.341 e. The monoisotopic (exact) mass is 410 g/mol. The van der Waals surface area contributed by atoms with Gasteiger partial charge in [0.2, 0.25) is 0 Å². The molecule has 0 unspecified atom stereocenters. The van der Waals surface area contributed by atoms with Crippen molar-refractivity contribution in [1.82, 2.24) is 9.88 Å². The number of rotatable bonds is 3. The number of halogens is 1. The molecule has 1 aliphatic carbocycles. The highest BCUT2D eigenvalue weighted by atomic mass is 19.1. The molecule has 0 bridgehead atoms. The fourth-order valence-corrected chi connectivity index (χ4v) is 4.66. The van der Waals surface area contributed by atoms with Crippen LogP contribution >= 0.6 is 0 Å². The van der Waals surface area contributed by atoms with Crippen LogP contribution in [0.25, 0.3) is 5.57 Å². The molecular formula is C24H27FN2O3. The molecule has 0 radical (unpaired) electrons. The van der Waals surface area contributed by atoms with Crippen LogP contribution in [-0.2, 0) is 27.8 Å². The highest BCUT2D eigenvalue weighted by Gasteiger charge is 2.39. The standard InChI is InChI=1S/C24H27FN2O3/c1-4-30-23(29)18-13-27(22(28)15-9-11-16(25)12-10-15)14-24(2,3)20-17-7-5-6-8-19(17)26-21(18)20/h9-13,26H,4-8,14H2,1-3H3. The molecule has 1 aliphatic heterocycles. The summed E-state index contributed by atoms with van der Waals surface area (Å²) in [5.41, 5.74) is 4.68. The van der Waals surface area contributed by atoms with Gasteiger partial charge in [0.15, 0.2) is 0 Å². The van der Waals surface area contributed by atoms with Crippen molar-refractivity contribution in [3.8, 4) is 0 Å². The van der Waals surface area contributed by atoms with E-state index in [0.29, 0.717) is 17.7 Å². The van der Waals surface area contributed by atoms with E-state index in [1.54, 1.807) is 18.0 Å². The van der Waals surface area contributed by atoms with Crippen molar-refractivity contribution >= 4 is 17.4 Å². The van der Waals surface area contributed by atoms with Crippen molar-refractivity contribution in [1.29, 1.82) is 0 Å². The van der Waals surface area contributed by atoms with Crippen molar-refractivity contribution in [2.24, 2.45) is 0 Å². The van der Waals surface area contributed by atoms with E-state index in [9.17, 15) is 14.0 Å². The Morgan fingerprint density at radius 2 is 1.87 bits per heavy atom. The largest absolute Gasteiger partial charge is 0.462 e. The third-order valence-electron chi connectivity index (χ3n) is 5.94. The Hall–Kier alpha value is -2.89. The highest BCUT2D eigenvalue weighted by molar-refractivity contribution is 6.17. The van der Waals surface area contributed by atoms with Crippen LogP contribution in [0.3, 0.4) is 0 Å². The van der Waals surface area contributed by atoms with Crippen LogP contribution < -0.4 is 0 Å². The Morgan fingerprint density at radius 1 is 1.17 bits per heavy atom. The van der Waals surface area contributed by atoms with E-state index < -0.39 is 11.8 Å². The molecule has 0 fully saturated rings. The topological polar surface area (TPSA) is 62.4 Å². The minimum Gasteiger partial charge on any atom is -0.462 e. The third-order valence-corrected chi connectivity index (χ3v) is 5.94. The van der Waals surface area contributed by atoms with Crippen molar-refractivity contribution < 1.29 is 18.7 Å². The van der Waals surface area contributed by atoms with Gasteiger partial charge in [0.25, 0.3) is 5.91 Å². The molecule has 1 aromatic carbocycles. The fourth-order valence-electron chi connectivity index (χ4n) is 4.66. The number of esters is 1. The van der Waals surface area contributed by atoms with E-state index in [2.05, 4.69) is 18.8 Å². The molecule has 1 aromatic heterocycles. The summed E-state index contributed by atoms with van der Waals surface area (Å²) in [6.45, 7) is 6.62. The van der Waals surface area contributed by atoms with Crippen LogP contribution in [-0.4, -0.2) is 34.9 Å². The summed E-state index contributed by atoms with van der Waals surface area (Å²) in [6, 6.07) is 5.47. The summed E-state index contributed by atoms with van der Waals surface area (Å²) in [5.74, 6) is -1.12. The second-order valence-electron chi connectivity index (χ2n) is 8.63. The van der Waals surface area contributed by atoms with Crippen molar-refractivity contribution in [2.45, 2.75) is 51.9 Å². The lowest BCUT2D eigenvalue weighted by atomic mass is 9.78. The molecule has 1 amide bonds. The van der Waals surface area contributed by atoms with Gasteiger partial charge in [0.05, 0.1) is 17.9 Å². The number of aromatic amines is 1. The number of carbonyl (C=O) groups is 2. The van der Waals surface area contributed by atoms with Crippen LogP contribution in [0.1, 0.15) is 66.5 Å². The normalized spacial score (nSPS) is 17.5. The van der Waals surface area contributed by atoms with Gasteiger partial charge in [-0.05, 0) is 68.0 Å². The number of carbonyl (C=O) groups excluding carboxylic acids is 2. The number of H-pyrrole nitrogens is 1. The van der Waals surface area contributed by atoms with E-state index in [1.165, 1.54) is 35.5 Å². The molecule has 4 rings (SSSR count). The minimum absolute atomic E-state index is 0.251. The molecule has 6 heteroatoms. The van der Waals surface area contributed by atoms with Gasteiger partial charge in [0, 0.05) is 29.4 Å². The molecule has 0 saturated carbocycles. The van der Waals surface area contributed by atoms with Gasteiger partial charge in [-0.1, -0.05) is 13.8 Å². The van der Waals surface area contributed by atoms with E-state index in [0.717, 1.165) is 36.9 Å². The van der Waals surface area contributed by atoms with Gasteiger partial charge in [-0.15, -0.1) is 0 Å². The summed E-state index contributed by atoms with van der Waals surface area (Å²) in [7, 11) is 0. The molecule has 5 nitrogen and oxygen atoms in total. The molecule has 2 heterocycles. The first-order valence-corrected chi connectivity index (χ1v) is 10.5. The molecule has 2 aliphatic rings. The summed E-state index contributed by atoms with van der Waals surface area (Å²) < 4.78 is 18.7. The molecule has 1 N–H and O–H groups in total. The summed E-state index contributed by atoms with van der Waals surface area (Å²) in [6.07, 6.45) is 5.77. The van der Waals surface area contributed by atoms with E-state index in [4.69, 9.17) is 4.74 Å². The molecular weight excluding hydrogens is 383 g/mol. The molecule has 30 heavy (non-hydrogen) atoms. The number of hydrogen-bond acceptors (Lipinski definition) is 3. The van der Waals surface area contributed by atoms with Crippen LogP contribution in [0.15, 0.2) is 30.5 Å². The Balaban J connectivity index is 1.84. The first-order chi connectivity index (χ1) is 14.3. The van der Waals surface area contributed by atoms with Gasteiger partial charge in [-0.2, -0.15) is 0 Å². The number of ether oxygens (including phenoxy) is 1.